The Hall–Kier alpha value is -2.42. The van der Waals surface area contributed by atoms with Crippen molar-refractivity contribution in [2.24, 2.45) is 4.99 Å². The average Bonchev–Trinajstić information content (AvgIpc) is 3.38. The van der Waals surface area contributed by atoms with Gasteiger partial charge in [0, 0.05) is 30.6 Å². The van der Waals surface area contributed by atoms with Gasteiger partial charge in [-0.05, 0) is 30.5 Å². The molecule has 0 spiro atoms. The van der Waals surface area contributed by atoms with Gasteiger partial charge in [-0.25, -0.2) is 4.39 Å². The lowest BCUT2D eigenvalue weighted by Gasteiger charge is -2.19. The molecule has 4 rings (SSSR count). The average molecular weight is 506 g/mol. The second kappa shape index (κ2) is 9.39. The van der Waals surface area contributed by atoms with Crippen molar-refractivity contribution in [3.8, 4) is 11.3 Å². The molecule has 29 heavy (non-hydrogen) atoms. The van der Waals surface area contributed by atoms with E-state index in [0.29, 0.717) is 19.0 Å². The molecule has 0 saturated heterocycles. The van der Waals surface area contributed by atoms with E-state index in [9.17, 15) is 4.39 Å². The minimum Gasteiger partial charge on any atom is -0.356 e. The zero-order chi connectivity index (χ0) is 19.4. The van der Waals surface area contributed by atoms with Crippen molar-refractivity contribution in [2.75, 3.05) is 13.6 Å². The Balaban J connectivity index is 0.00000240. The van der Waals surface area contributed by atoms with Gasteiger partial charge in [-0.15, -0.1) is 24.0 Å². The summed E-state index contributed by atoms with van der Waals surface area (Å²) in [5.41, 5.74) is 2.83. The molecule has 0 radical (unpaired) electrons. The second-order valence-corrected chi connectivity index (χ2v) is 7.12. The van der Waals surface area contributed by atoms with Gasteiger partial charge in [0.15, 0.2) is 11.7 Å². The normalized spacial score (nSPS) is 14.8. The van der Waals surface area contributed by atoms with Crippen molar-refractivity contribution >= 4 is 29.9 Å². The fourth-order valence-electron chi connectivity index (χ4n) is 3.32. The highest BCUT2D eigenvalue weighted by atomic mass is 127. The molecule has 1 saturated carbocycles. The summed E-state index contributed by atoms with van der Waals surface area (Å²) in [6, 6.07) is 18.7. The number of aliphatic imine (C=N–C) groups is 1. The Morgan fingerprint density at radius 1 is 1.10 bits per heavy atom. The van der Waals surface area contributed by atoms with Gasteiger partial charge in [-0.3, -0.25) is 4.99 Å². The lowest BCUT2D eigenvalue weighted by molar-refractivity contribution is 0.422. The molecule has 2 N–H and O–H groups in total. The highest BCUT2D eigenvalue weighted by molar-refractivity contribution is 14.0. The predicted octanol–water partition coefficient (Wildman–Crippen LogP) is 4.50. The number of hydrogen-bond acceptors (Lipinski definition) is 3. The number of halogens is 2. The molecule has 1 aromatic heterocycles. The quantitative estimate of drug-likeness (QED) is 0.294. The van der Waals surface area contributed by atoms with E-state index in [1.54, 1.807) is 19.2 Å². The van der Waals surface area contributed by atoms with Crippen LogP contribution >= 0.6 is 24.0 Å². The van der Waals surface area contributed by atoms with Crippen LogP contribution in [0.1, 0.15) is 24.1 Å². The number of benzene rings is 2. The number of guanidine groups is 1. The molecule has 3 aromatic rings. The van der Waals surface area contributed by atoms with Crippen molar-refractivity contribution in [3.63, 3.8) is 0 Å². The van der Waals surface area contributed by atoms with Crippen molar-refractivity contribution in [1.82, 2.24) is 15.8 Å². The van der Waals surface area contributed by atoms with Gasteiger partial charge in [0.1, 0.15) is 11.5 Å². The molecule has 0 aliphatic heterocycles. The van der Waals surface area contributed by atoms with Crippen LogP contribution in [0.3, 0.4) is 0 Å². The number of hydrogen-bond donors (Lipinski definition) is 2. The van der Waals surface area contributed by atoms with Crippen LogP contribution in [-0.4, -0.2) is 24.7 Å². The third-order valence-electron chi connectivity index (χ3n) is 5.16. The Labute approximate surface area is 186 Å². The molecule has 7 heteroatoms. The maximum Gasteiger partial charge on any atom is 0.191 e. The molecule has 0 atom stereocenters. The Morgan fingerprint density at radius 2 is 1.90 bits per heavy atom. The van der Waals surface area contributed by atoms with Gasteiger partial charge in [0.2, 0.25) is 0 Å². The monoisotopic (exact) mass is 506 g/mol. The summed E-state index contributed by atoms with van der Waals surface area (Å²) in [7, 11) is 1.73. The van der Waals surface area contributed by atoms with Gasteiger partial charge >= 0.3 is 0 Å². The van der Waals surface area contributed by atoms with Crippen molar-refractivity contribution in [2.45, 2.75) is 24.8 Å². The fraction of sp³-hybridized carbons (Fsp3) is 0.273. The van der Waals surface area contributed by atoms with Crippen LogP contribution in [0.15, 0.2) is 70.2 Å². The SMILES string of the molecule is CN=C(NCc1cc(-c2ccccc2)on1)NCC1(c2cccc(F)c2)CC1.I. The van der Waals surface area contributed by atoms with Gasteiger partial charge < -0.3 is 15.2 Å². The number of nitrogens with zero attached hydrogens (tertiary/aromatic N) is 2. The van der Waals surface area contributed by atoms with Crippen LogP contribution in [0.25, 0.3) is 11.3 Å². The molecule has 152 valence electrons. The first-order chi connectivity index (χ1) is 13.7. The Bertz CT molecular complexity index is 970. The molecule has 1 fully saturated rings. The zero-order valence-corrected chi connectivity index (χ0v) is 18.5. The number of rotatable bonds is 6. The minimum absolute atomic E-state index is 0. The summed E-state index contributed by atoms with van der Waals surface area (Å²) in [4.78, 5) is 4.27. The summed E-state index contributed by atoms with van der Waals surface area (Å²) >= 11 is 0. The van der Waals surface area contributed by atoms with Crippen molar-refractivity contribution < 1.29 is 8.91 Å². The molecule has 0 bridgehead atoms. The van der Waals surface area contributed by atoms with E-state index in [2.05, 4.69) is 20.8 Å². The topological polar surface area (TPSA) is 62.5 Å². The maximum absolute atomic E-state index is 13.6. The van der Waals surface area contributed by atoms with E-state index in [0.717, 1.165) is 35.4 Å². The first-order valence-electron chi connectivity index (χ1n) is 9.40. The third-order valence-corrected chi connectivity index (χ3v) is 5.16. The minimum atomic E-state index is -0.188. The lowest BCUT2D eigenvalue weighted by atomic mass is 9.96. The van der Waals surface area contributed by atoms with E-state index in [1.807, 2.05) is 42.5 Å². The van der Waals surface area contributed by atoms with Gasteiger partial charge in [0.25, 0.3) is 0 Å². The van der Waals surface area contributed by atoms with Crippen LogP contribution in [0.5, 0.6) is 0 Å². The second-order valence-electron chi connectivity index (χ2n) is 7.12. The van der Waals surface area contributed by atoms with Crippen LogP contribution in [-0.2, 0) is 12.0 Å². The van der Waals surface area contributed by atoms with Gasteiger partial charge in [-0.2, -0.15) is 0 Å². The fourth-order valence-corrected chi connectivity index (χ4v) is 3.32. The molecule has 1 heterocycles. The summed E-state index contributed by atoms with van der Waals surface area (Å²) in [5.74, 6) is 1.24. The molecular weight excluding hydrogens is 482 g/mol. The first kappa shape index (κ1) is 21.3. The maximum atomic E-state index is 13.6. The smallest absolute Gasteiger partial charge is 0.191 e. The van der Waals surface area contributed by atoms with E-state index >= 15 is 0 Å². The number of nitrogens with one attached hydrogen (secondary N) is 2. The predicted molar refractivity (Wildman–Crippen MR) is 123 cm³/mol. The highest BCUT2D eigenvalue weighted by Gasteiger charge is 2.44. The molecular formula is C22H24FIN4O. The lowest BCUT2D eigenvalue weighted by Crippen LogP contribution is -2.41. The molecule has 2 aromatic carbocycles. The Morgan fingerprint density at radius 3 is 2.59 bits per heavy atom. The summed E-state index contributed by atoms with van der Waals surface area (Å²) in [5, 5.41) is 10.7. The van der Waals surface area contributed by atoms with E-state index in [1.165, 1.54) is 6.07 Å². The largest absolute Gasteiger partial charge is 0.356 e. The molecule has 1 aliphatic rings. The molecule has 5 nitrogen and oxygen atoms in total. The molecule has 1 aliphatic carbocycles. The Kier molecular flexibility index (Phi) is 6.89. The highest BCUT2D eigenvalue weighted by Crippen LogP contribution is 2.47. The van der Waals surface area contributed by atoms with Gasteiger partial charge in [0.05, 0.1) is 6.54 Å². The standard InChI is InChI=1S/C22H23FN4O.HI/c1-24-21(26-15-22(10-11-22)17-8-5-9-18(23)12-17)25-14-19-13-20(28-27-19)16-6-3-2-4-7-16;/h2-9,12-13H,10-11,14-15H2,1H3,(H2,24,25,26);1H. The third kappa shape index (κ3) is 5.14. The van der Waals surface area contributed by atoms with E-state index in [-0.39, 0.29) is 35.2 Å². The number of aromatic nitrogens is 1. The van der Waals surface area contributed by atoms with Gasteiger partial charge in [-0.1, -0.05) is 47.6 Å². The van der Waals surface area contributed by atoms with Crippen LogP contribution in [0.2, 0.25) is 0 Å². The van der Waals surface area contributed by atoms with E-state index in [4.69, 9.17) is 4.52 Å². The van der Waals surface area contributed by atoms with Crippen LogP contribution < -0.4 is 10.6 Å². The zero-order valence-electron chi connectivity index (χ0n) is 16.2. The van der Waals surface area contributed by atoms with Crippen molar-refractivity contribution in [1.29, 1.82) is 0 Å². The molecule has 0 amide bonds. The van der Waals surface area contributed by atoms with Crippen LogP contribution in [0, 0.1) is 5.82 Å². The van der Waals surface area contributed by atoms with E-state index < -0.39 is 0 Å². The summed E-state index contributed by atoms with van der Waals surface area (Å²) < 4.78 is 19.0. The molecule has 0 unspecified atom stereocenters. The summed E-state index contributed by atoms with van der Waals surface area (Å²) in [6.07, 6.45) is 2.09. The van der Waals surface area contributed by atoms with Crippen molar-refractivity contribution in [3.05, 3.63) is 77.7 Å². The van der Waals surface area contributed by atoms with Crippen LogP contribution in [0.4, 0.5) is 4.39 Å². The first-order valence-corrected chi connectivity index (χ1v) is 9.40. The summed E-state index contributed by atoms with van der Waals surface area (Å²) in [6.45, 7) is 1.22.